The smallest absolute Gasteiger partial charge is 0.241 e. The van der Waals surface area contributed by atoms with Gasteiger partial charge in [-0.05, 0) is 13.8 Å². The highest BCUT2D eigenvalue weighted by molar-refractivity contribution is 7.92. The maximum absolute atomic E-state index is 11.3. The van der Waals surface area contributed by atoms with E-state index in [4.69, 9.17) is 5.73 Å². The molecule has 0 aromatic heterocycles. The highest BCUT2D eigenvalue weighted by atomic mass is 32.2. The van der Waals surface area contributed by atoms with Crippen LogP contribution >= 0.6 is 0 Å². The number of hydrogen-bond donors (Lipinski definition) is 2. The Morgan fingerprint density at radius 1 is 1.36 bits per heavy atom. The molecule has 7 heteroatoms. The fourth-order valence-corrected chi connectivity index (χ4v) is 0.958. The van der Waals surface area contributed by atoms with Crippen LogP contribution in [0.5, 0.6) is 0 Å². The Bertz CT molecular complexity index is 345. The van der Waals surface area contributed by atoms with Crippen molar-refractivity contribution in [2.75, 3.05) is 12.8 Å². The lowest BCUT2D eigenvalue weighted by Crippen LogP contribution is -2.49. The summed E-state index contributed by atoms with van der Waals surface area (Å²) in [6, 6.07) is 0. The van der Waals surface area contributed by atoms with Crippen molar-refractivity contribution in [3.63, 3.8) is 0 Å². The maximum Gasteiger partial charge on any atom is 0.241 e. The molecule has 2 amide bonds. The van der Waals surface area contributed by atoms with Gasteiger partial charge in [0, 0.05) is 6.26 Å². The monoisotopic (exact) mass is 222 g/mol. The lowest BCUT2D eigenvalue weighted by Gasteiger charge is -2.20. The lowest BCUT2D eigenvalue weighted by molar-refractivity contribution is -0.126. The molecule has 0 aliphatic heterocycles. The minimum atomic E-state index is -3.51. The van der Waals surface area contributed by atoms with Gasteiger partial charge in [-0.15, -0.1) is 0 Å². The molecule has 0 bridgehead atoms. The van der Waals surface area contributed by atoms with Gasteiger partial charge in [-0.1, -0.05) is 0 Å². The number of primary amides is 1. The maximum atomic E-state index is 11.3. The lowest BCUT2D eigenvalue weighted by atomic mass is 10.2. The molecule has 0 unspecified atom stereocenters. The second kappa shape index (κ2) is 3.95. The van der Waals surface area contributed by atoms with Crippen LogP contribution in [0.1, 0.15) is 13.8 Å². The summed E-state index contributed by atoms with van der Waals surface area (Å²) in [5.74, 6) is -1.46. The van der Waals surface area contributed by atoms with E-state index in [-0.39, 0.29) is 6.54 Å². The summed E-state index contributed by atoms with van der Waals surface area (Å²) in [5, 5.41) is 2.14. The van der Waals surface area contributed by atoms with Crippen LogP contribution in [0, 0.1) is 0 Å². The highest BCUT2D eigenvalue weighted by Gasteiger charge is 2.38. The second-order valence-corrected chi connectivity index (χ2v) is 6.00. The largest absolute Gasteiger partial charge is 0.368 e. The number of nitrogens with one attached hydrogen (secondary N) is 1. The van der Waals surface area contributed by atoms with Gasteiger partial charge in [0.15, 0.2) is 9.84 Å². The molecule has 0 rings (SSSR count). The molecule has 0 saturated heterocycles. The standard InChI is InChI=1S/C7H14N2O4S/c1-7(2,14(3,12)13)6(11)9-4-5(8)10/h4H2,1-3H3,(H2,8,10)(H,9,11). The third-order valence-electron chi connectivity index (χ3n) is 1.90. The number of carbonyl (C=O) groups is 2. The van der Waals surface area contributed by atoms with Crippen molar-refractivity contribution in [3.05, 3.63) is 0 Å². The van der Waals surface area contributed by atoms with Crippen LogP contribution < -0.4 is 11.1 Å². The molecule has 14 heavy (non-hydrogen) atoms. The van der Waals surface area contributed by atoms with Gasteiger partial charge in [0.05, 0.1) is 6.54 Å². The third-order valence-corrected chi connectivity index (χ3v) is 3.94. The Morgan fingerprint density at radius 3 is 2.07 bits per heavy atom. The van der Waals surface area contributed by atoms with Gasteiger partial charge < -0.3 is 11.1 Å². The summed E-state index contributed by atoms with van der Waals surface area (Å²) < 4.78 is 20.8. The van der Waals surface area contributed by atoms with E-state index in [1.54, 1.807) is 0 Å². The first-order valence-electron chi connectivity index (χ1n) is 3.85. The van der Waals surface area contributed by atoms with Crippen molar-refractivity contribution in [2.24, 2.45) is 5.73 Å². The Morgan fingerprint density at radius 2 is 1.79 bits per heavy atom. The SMILES string of the molecule is CC(C)(C(=O)NCC(N)=O)S(C)(=O)=O. The Balaban J connectivity index is 4.62. The van der Waals surface area contributed by atoms with Crippen LogP contribution in [0.25, 0.3) is 0 Å². The summed E-state index contributed by atoms with van der Waals surface area (Å²) in [6.45, 7) is 2.16. The quantitative estimate of drug-likeness (QED) is 0.598. The number of carbonyl (C=O) groups excluding carboxylic acids is 2. The van der Waals surface area contributed by atoms with Crippen LogP contribution in [-0.2, 0) is 19.4 Å². The van der Waals surface area contributed by atoms with E-state index < -0.39 is 26.4 Å². The summed E-state index contributed by atoms with van der Waals surface area (Å²) in [4.78, 5) is 21.7. The van der Waals surface area contributed by atoms with E-state index in [1.807, 2.05) is 0 Å². The predicted octanol–water partition coefficient (Wildman–Crippen LogP) is -1.59. The van der Waals surface area contributed by atoms with E-state index in [0.29, 0.717) is 0 Å². The zero-order chi connectivity index (χ0) is 11.6. The molecule has 0 spiro atoms. The van der Waals surface area contributed by atoms with Crippen molar-refractivity contribution in [3.8, 4) is 0 Å². The highest BCUT2D eigenvalue weighted by Crippen LogP contribution is 2.14. The zero-order valence-electron chi connectivity index (χ0n) is 8.33. The molecule has 0 aliphatic rings. The number of nitrogens with two attached hydrogens (primary N) is 1. The predicted molar refractivity (Wildman–Crippen MR) is 51.1 cm³/mol. The first-order valence-corrected chi connectivity index (χ1v) is 5.74. The van der Waals surface area contributed by atoms with Gasteiger partial charge in [0.1, 0.15) is 4.75 Å². The van der Waals surface area contributed by atoms with Crippen molar-refractivity contribution >= 4 is 21.7 Å². The first kappa shape index (κ1) is 12.9. The fourth-order valence-electron chi connectivity index (χ4n) is 0.549. The van der Waals surface area contributed by atoms with Crippen LogP contribution in [0.4, 0.5) is 0 Å². The van der Waals surface area contributed by atoms with Gasteiger partial charge in [0.2, 0.25) is 11.8 Å². The molecule has 6 nitrogen and oxygen atoms in total. The number of sulfone groups is 1. The van der Waals surface area contributed by atoms with Crippen LogP contribution in [0.2, 0.25) is 0 Å². The normalized spacial score (nSPS) is 12.2. The van der Waals surface area contributed by atoms with Crippen molar-refractivity contribution in [1.29, 1.82) is 0 Å². The van der Waals surface area contributed by atoms with Gasteiger partial charge in [-0.3, -0.25) is 9.59 Å². The summed E-state index contributed by atoms with van der Waals surface area (Å²) in [7, 11) is -3.51. The molecule has 0 aliphatic carbocycles. The van der Waals surface area contributed by atoms with Gasteiger partial charge in [-0.25, -0.2) is 8.42 Å². The Hall–Kier alpha value is -1.11. The van der Waals surface area contributed by atoms with Crippen molar-refractivity contribution < 1.29 is 18.0 Å². The molecule has 0 atom stereocenters. The molecule has 3 N–H and O–H groups in total. The van der Waals surface area contributed by atoms with Crippen LogP contribution in [0.3, 0.4) is 0 Å². The van der Waals surface area contributed by atoms with Gasteiger partial charge in [-0.2, -0.15) is 0 Å². The molecule has 0 aromatic carbocycles. The van der Waals surface area contributed by atoms with E-state index in [2.05, 4.69) is 5.32 Å². The van der Waals surface area contributed by atoms with Gasteiger partial charge in [0.25, 0.3) is 0 Å². The molecule has 0 radical (unpaired) electrons. The van der Waals surface area contributed by atoms with E-state index in [9.17, 15) is 18.0 Å². The third kappa shape index (κ3) is 2.99. The average molecular weight is 222 g/mol. The second-order valence-electron chi connectivity index (χ2n) is 3.43. The Kier molecular flexibility index (Phi) is 3.64. The van der Waals surface area contributed by atoms with E-state index >= 15 is 0 Å². The van der Waals surface area contributed by atoms with E-state index in [0.717, 1.165) is 6.26 Å². The van der Waals surface area contributed by atoms with Crippen molar-refractivity contribution in [2.45, 2.75) is 18.6 Å². The molecule has 0 heterocycles. The minimum Gasteiger partial charge on any atom is -0.368 e. The molecule has 0 saturated carbocycles. The zero-order valence-corrected chi connectivity index (χ0v) is 9.14. The molecule has 0 aromatic rings. The minimum absolute atomic E-state index is 0.363. The summed E-state index contributed by atoms with van der Waals surface area (Å²) in [5.41, 5.74) is 4.79. The number of rotatable bonds is 4. The number of hydrogen-bond acceptors (Lipinski definition) is 4. The summed E-state index contributed by atoms with van der Waals surface area (Å²) >= 11 is 0. The van der Waals surface area contributed by atoms with Gasteiger partial charge >= 0.3 is 0 Å². The van der Waals surface area contributed by atoms with Crippen LogP contribution in [0.15, 0.2) is 0 Å². The molecular formula is C7H14N2O4S. The van der Waals surface area contributed by atoms with E-state index in [1.165, 1.54) is 13.8 Å². The topological polar surface area (TPSA) is 106 Å². The number of amides is 2. The fraction of sp³-hybridized carbons (Fsp3) is 0.714. The Labute approximate surface area is 82.8 Å². The average Bonchev–Trinajstić information content (AvgIpc) is 1.97. The molecular weight excluding hydrogens is 208 g/mol. The first-order chi connectivity index (χ1) is 6.09. The molecule has 82 valence electrons. The van der Waals surface area contributed by atoms with Crippen LogP contribution in [-0.4, -0.2) is 37.8 Å². The molecule has 0 fully saturated rings. The summed E-state index contributed by atoms with van der Waals surface area (Å²) in [6.07, 6.45) is 0.955. The van der Waals surface area contributed by atoms with Crippen molar-refractivity contribution in [1.82, 2.24) is 5.32 Å².